The number of carbonyl (C=O) groups is 1. The molecule has 2 rings (SSSR count). The quantitative estimate of drug-likeness (QED) is 0.628. The highest BCUT2D eigenvalue weighted by atomic mass is 79.9. The highest BCUT2D eigenvalue weighted by Crippen LogP contribution is 2.34. The third-order valence-electron chi connectivity index (χ3n) is 2.04. The first-order valence-corrected chi connectivity index (χ1v) is 7.21. The van der Waals surface area contributed by atoms with Crippen molar-refractivity contribution in [3.8, 4) is 0 Å². The van der Waals surface area contributed by atoms with E-state index >= 15 is 0 Å². The second-order valence-corrected chi connectivity index (χ2v) is 6.85. The molecule has 0 saturated heterocycles. The van der Waals surface area contributed by atoms with E-state index < -0.39 is 5.82 Å². The molecule has 0 unspecified atom stereocenters. The van der Waals surface area contributed by atoms with Crippen LogP contribution in [0, 0.1) is 5.82 Å². The molecule has 0 spiro atoms. The topological polar surface area (TPSA) is 17.1 Å². The van der Waals surface area contributed by atoms with Crippen molar-refractivity contribution in [1.29, 1.82) is 0 Å². The van der Waals surface area contributed by atoms with E-state index in [-0.39, 0.29) is 11.3 Å². The van der Waals surface area contributed by atoms with Crippen LogP contribution in [0.25, 0.3) is 0 Å². The van der Waals surface area contributed by atoms with Gasteiger partial charge in [0.2, 0.25) is 5.78 Å². The van der Waals surface area contributed by atoms with E-state index in [1.165, 1.54) is 29.5 Å². The molecule has 0 amide bonds. The number of benzene rings is 1. The van der Waals surface area contributed by atoms with E-state index in [0.717, 1.165) is 8.26 Å². The van der Waals surface area contributed by atoms with Crippen LogP contribution < -0.4 is 0 Å². The van der Waals surface area contributed by atoms with Crippen molar-refractivity contribution in [2.45, 2.75) is 0 Å². The van der Waals surface area contributed by atoms with Crippen molar-refractivity contribution >= 4 is 60.6 Å². The van der Waals surface area contributed by atoms with Crippen LogP contribution in [0.4, 0.5) is 4.39 Å². The molecule has 0 bridgehead atoms. The lowest BCUT2D eigenvalue weighted by Gasteiger charge is -2.00. The summed E-state index contributed by atoms with van der Waals surface area (Å²) in [5.41, 5.74) is -0.0150. The summed E-state index contributed by atoms with van der Waals surface area (Å²) in [6.07, 6.45) is 0. The van der Waals surface area contributed by atoms with Gasteiger partial charge in [-0.2, -0.15) is 0 Å². The van der Waals surface area contributed by atoms with Crippen molar-refractivity contribution in [2.75, 3.05) is 0 Å². The van der Waals surface area contributed by atoms with Crippen LogP contribution in [0.2, 0.25) is 5.02 Å². The Morgan fingerprint density at radius 2 is 2.00 bits per heavy atom. The molecule has 6 heteroatoms. The summed E-state index contributed by atoms with van der Waals surface area (Å²) in [5.74, 6) is -0.943. The van der Waals surface area contributed by atoms with Gasteiger partial charge in [-0.05, 0) is 56.1 Å². The fourth-order valence-electron chi connectivity index (χ4n) is 1.26. The maximum atomic E-state index is 13.5. The molecule has 0 radical (unpaired) electrons. The SMILES string of the molecule is O=C(c1cc(Br)c(Br)s1)c1cc(Cl)ccc1F. The van der Waals surface area contributed by atoms with Crippen LogP contribution in [-0.2, 0) is 0 Å². The second kappa shape index (κ2) is 5.18. The number of carbonyl (C=O) groups excluding carboxylic acids is 1. The van der Waals surface area contributed by atoms with Gasteiger partial charge < -0.3 is 0 Å². The van der Waals surface area contributed by atoms with E-state index in [1.807, 2.05) is 0 Å². The van der Waals surface area contributed by atoms with Crippen molar-refractivity contribution in [3.05, 3.63) is 53.8 Å². The zero-order valence-corrected chi connectivity index (χ0v) is 12.9. The van der Waals surface area contributed by atoms with E-state index in [0.29, 0.717) is 9.90 Å². The summed E-state index contributed by atoms with van der Waals surface area (Å²) in [4.78, 5) is 12.5. The molecule has 0 aliphatic rings. The second-order valence-electron chi connectivity index (χ2n) is 3.19. The molecule has 0 fully saturated rings. The van der Waals surface area contributed by atoms with E-state index in [4.69, 9.17) is 11.6 Å². The monoisotopic (exact) mass is 396 g/mol. The Balaban J connectivity index is 2.47. The number of ketones is 1. The molecule has 1 aromatic heterocycles. The molecule has 88 valence electrons. The first kappa shape index (κ1) is 13.2. The highest BCUT2D eigenvalue weighted by Gasteiger charge is 2.17. The lowest BCUT2D eigenvalue weighted by molar-refractivity contribution is 0.103. The normalized spacial score (nSPS) is 10.6. The first-order chi connectivity index (χ1) is 7.99. The third kappa shape index (κ3) is 2.78. The average Bonchev–Trinajstić information content (AvgIpc) is 2.62. The maximum absolute atomic E-state index is 13.5. The van der Waals surface area contributed by atoms with Crippen molar-refractivity contribution in [2.24, 2.45) is 0 Å². The lowest BCUT2D eigenvalue weighted by atomic mass is 10.1. The minimum absolute atomic E-state index is 0.0150. The van der Waals surface area contributed by atoms with Gasteiger partial charge >= 0.3 is 0 Å². The number of hydrogen-bond donors (Lipinski definition) is 0. The zero-order valence-electron chi connectivity index (χ0n) is 8.14. The molecule has 1 nitrogen and oxygen atoms in total. The molecule has 1 aromatic carbocycles. The van der Waals surface area contributed by atoms with Gasteiger partial charge in [-0.25, -0.2) is 4.39 Å². The summed E-state index contributed by atoms with van der Waals surface area (Å²) in [7, 11) is 0. The fraction of sp³-hybridized carbons (Fsp3) is 0. The average molecular weight is 398 g/mol. The summed E-state index contributed by atoms with van der Waals surface area (Å²) >= 11 is 13.6. The number of rotatable bonds is 2. The molecule has 0 aliphatic heterocycles. The molecule has 0 saturated carbocycles. The molecular weight excluding hydrogens is 394 g/mol. The largest absolute Gasteiger partial charge is 0.288 e. The maximum Gasteiger partial charge on any atom is 0.206 e. The molecule has 0 atom stereocenters. The van der Waals surface area contributed by atoms with E-state index in [9.17, 15) is 9.18 Å². The molecule has 2 aromatic rings. The van der Waals surface area contributed by atoms with Gasteiger partial charge in [-0.1, -0.05) is 11.6 Å². The van der Waals surface area contributed by atoms with Crippen LogP contribution in [0.5, 0.6) is 0 Å². The number of hydrogen-bond acceptors (Lipinski definition) is 2. The lowest BCUT2D eigenvalue weighted by Crippen LogP contribution is -2.01. The molecule has 0 aliphatic carbocycles. The smallest absolute Gasteiger partial charge is 0.206 e. The molecule has 0 N–H and O–H groups in total. The standard InChI is InChI=1S/C11H4Br2ClFOS/c12-7-4-9(17-11(7)13)10(16)6-3-5(14)1-2-8(6)15/h1-4H. The predicted octanol–water partition coefficient (Wildman–Crippen LogP) is 5.30. The van der Waals surface area contributed by atoms with Crippen molar-refractivity contribution in [3.63, 3.8) is 0 Å². The Kier molecular flexibility index (Phi) is 4.02. The predicted molar refractivity (Wildman–Crippen MR) is 74.6 cm³/mol. The van der Waals surface area contributed by atoms with Crippen LogP contribution >= 0.6 is 54.8 Å². The molecular formula is C11H4Br2ClFOS. The summed E-state index contributed by atoms with van der Waals surface area (Å²) in [6.45, 7) is 0. The van der Waals surface area contributed by atoms with Crippen LogP contribution in [0.15, 0.2) is 32.5 Å². The molecule has 17 heavy (non-hydrogen) atoms. The number of thiophene rings is 1. The zero-order chi connectivity index (χ0) is 12.6. The van der Waals surface area contributed by atoms with Crippen LogP contribution in [0.1, 0.15) is 15.2 Å². The highest BCUT2D eigenvalue weighted by molar-refractivity contribution is 9.13. The first-order valence-electron chi connectivity index (χ1n) is 4.43. The van der Waals surface area contributed by atoms with Crippen molar-refractivity contribution < 1.29 is 9.18 Å². The van der Waals surface area contributed by atoms with Gasteiger partial charge in [-0.3, -0.25) is 4.79 Å². The Labute approximate surface area is 123 Å². The molecule has 1 heterocycles. The van der Waals surface area contributed by atoms with Crippen LogP contribution in [0.3, 0.4) is 0 Å². The summed E-state index contributed by atoms with van der Waals surface area (Å²) < 4.78 is 15.1. The van der Waals surface area contributed by atoms with Gasteiger partial charge in [0.25, 0.3) is 0 Å². The van der Waals surface area contributed by atoms with Gasteiger partial charge in [-0.15, -0.1) is 11.3 Å². The minimum atomic E-state index is -0.569. The summed E-state index contributed by atoms with van der Waals surface area (Å²) in [5, 5.41) is 0.337. The Bertz CT molecular complexity index is 578. The van der Waals surface area contributed by atoms with E-state index in [1.54, 1.807) is 6.07 Å². The van der Waals surface area contributed by atoms with Gasteiger partial charge in [0.15, 0.2) is 0 Å². The fourth-order valence-corrected chi connectivity index (χ4v) is 3.42. The van der Waals surface area contributed by atoms with E-state index in [2.05, 4.69) is 31.9 Å². The van der Waals surface area contributed by atoms with Gasteiger partial charge in [0.05, 0.1) is 14.2 Å². The summed E-state index contributed by atoms with van der Waals surface area (Å²) in [6, 6.07) is 5.58. The Hall–Kier alpha value is -0.230. The Morgan fingerprint density at radius 1 is 1.29 bits per heavy atom. The van der Waals surface area contributed by atoms with Gasteiger partial charge in [0, 0.05) is 9.50 Å². The number of halogens is 4. The van der Waals surface area contributed by atoms with Crippen molar-refractivity contribution in [1.82, 2.24) is 0 Å². The Morgan fingerprint density at radius 3 is 2.59 bits per heavy atom. The van der Waals surface area contributed by atoms with Crippen LogP contribution in [-0.4, -0.2) is 5.78 Å². The minimum Gasteiger partial charge on any atom is -0.288 e. The van der Waals surface area contributed by atoms with Gasteiger partial charge in [0.1, 0.15) is 5.82 Å². The third-order valence-corrected chi connectivity index (χ3v) is 5.53.